The second-order valence-electron chi connectivity index (χ2n) is 5.82. The Morgan fingerprint density at radius 2 is 2.04 bits per heavy atom. The first-order valence-corrected chi connectivity index (χ1v) is 8.66. The minimum absolute atomic E-state index is 0.116. The first-order chi connectivity index (χ1) is 10.9. The number of thiophene rings is 1. The second-order valence-corrected chi connectivity index (χ2v) is 7.08. The highest BCUT2D eigenvalue weighted by Gasteiger charge is 2.24. The predicted octanol–water partition coefficient (Wildman–Crippen LogP) is 2.28. The summed E-state index contributed by atoms with van der Waals surface area (Å²) in [5.41, 5.74) is 0.423. The van der Waals surface area contributed by atoms with Crippen molar-refractivity contribution in [2.75, 3.05) is 31.6 Å². The van der Waals surface area contributed by atoms with Crippen LogP contribution in [0.1, 0.15) is 36.0 Å². The van der Waals surface area contributed by atoms with Crippen molar-refractivity contribution in [3.05, 3.63) is 16.5 Å². The zero-order valence-electron chi connectivity index (χ0n) is 14.0. The van der Waals surface area contributed by atoms with Gasteiger partial charge in [0.2, 0.25) is 5.91 Å². The summed E-state index contributed by atoms with van der Waals surface area (Å²) in [7, 11) is 0. The highest BCUT2D eigenvalue weighted by molar-refractivity contribution is 7.16. The van der Waals surface area contributed by atoms with Crippen LogP contribution in [0.25, 0.3) is 0 Å². The highest BCUT2D eigenvalue weighted by Crippen LogP contribution is 2.28. The second kappa shape index (κ2) is 7.90. The maximum atomic E-state index is 12.3. The summed E-state index contributed by atoms with van der Waals surface area (Å²) in [5, 5.41) is 3.40. The fourth-order valence-electron chi connectivity index (χ4n) is 2.75. The SMILES string of the molecule is CCOC(=O)c1cc(C)sc1NC(=O)CN1C[C@H](C)O[C@@H](C)C1. The molecule has 6 nitrogen and oxygen atoms in total. The van der Waals surface area contributed by atoms with Crippen molar-refractivity contribution < 1.29 is 19.1 Å². The summed E-state index contributed by atoms with van der Waals surface area (Å²) in [6.45, 7) is 9.72. The molecule has 0 unspecified atom stereocenters. The van der Waals surface area contributed by atoms with Crippen LogP contribution in [0.3, 0.4) is 0 Å². The van der Waals surface area contributed by atoms with Gasteiger partial charge in [-0.2, -0.15) is 0 Å². The number of aryl methyl sites for hydroxylation is 1. The molecule has 1 aliphatic rings. The molecule has 1 N–H and O–H groups in total. The lowest BCUT2D eigenvalue weighted by molar-refractivity contribution is -0.121. The molecule has 0 bridgehead atoms. The maximum absolute atomic E-state index is 12.3. The third kappa shape index (κ3) is 5.02. The Hall–Kier alpha value is -1.44. The van der Waals surface area contributed by atoms with Crippen LogP contribution < -0.4 is 5.32 Å². The van der Waals surface area contributed by atoms with Gasteiger partial charge in [0.1, 0.15) is 5.00 Å². The van der Waals surface area contributed by atoms with Crippen molar-refractivity contribution in [3.63, 3.8) is 0 Å². The van der Waals surface area contributed by atoms with Crippen molar-refractivity contribution in [2.24, 2.45) is 0 Å². The van der Waals surface area contributed by atoms with Crippen molar-refractivity contribution in [1.29, 1.82) is 0 Å². The molecule has 0 radical (unpaired) electrons. The van der Waals surface area contributed by atoms with E-state index in [4.69, 9.17) is 9.47 Å². The van der Waals surface area contributed by atoms with Gasteiger partial charge in [-0.3, -0.25) is 9.69 Å². The third-order valence-electron chi connectivity index (χ3n) is 3.47. The van der Waals surface area contributed by atoms with E-state index in [1.165, 1.54) is 11.3 Å². The van der Waals surface area contributed by atoms with Crippen molar-refractivity contribution in [3.8, 4) is 0 Å². The Balaban J connectivity index is 1.99. The topological polar surface area (TPSA) is 67.9 Å². The average Bonchev–Trinajstić information content (AvgIpc) is 2.78. The molecule has 1 fully saturated rings. The normalized spacial score (nSPS) is 21.9. The minimum atomic E-state index is -0.402. The molecule has 1 amide bonds. The summed E-state index contributed by atoms with van der Waals surface area (Å²) < 4.78 is 10.7. The van der Waals surface area contributed by atoms with Gasteiger partial charge >= 0.3 is 5.97 Å². The number of rotatable bonds is 5. The molecular formula is C16H24N2O4S. The van der Waals surface area contributed by atoms with Gasteiger partial charge in [-0.15, -0.1) is 11.3 Å². The van der Waals surface area contributed by atoms with Crippen LogP contribution in [0.15, 0.2) is 6.07 Å². The standard InChI is InChI=1S/C16H24N2O4S/c1-5-21-16(20)13-6-12(4)23-15(13)17-14(19)9-18-7-10(2)22-11(3)8-18/h6,10-11H,5,7-9H2,1-4H3,(H,17,19)/t10-,11-/m0/s1. The summed E-state index contributed by atoms with van der Waals surface area (Å²) in [6, 6.07) is 1.75. The van der Waals surface area contributed by atoms with Crippen molar-refractivity contribution >= 4 is 28.2 Å². The number of hydrogen-bond acceptors (Lipinski definition) is 6. The first-order valence-electron chi connectivity index (χ1n) is 7.84. The fraction of sp³-hybridized carbons (Fsp3) is 0.625. The van der Waals surface area contributed by atoms with E-state index >= 15 is 0 Å². The van der Waals surface area contributed by atoms with Gasteiger partial charge in [0, 0.05) is 18.0 Å². The summed E-state index contributed by atoms with van der Waals surface area (Å²) in [4.78, 5) is 27.3. The monoisotopic (exact) mass is 340 g/mol. The Labute approximate surface area is 140 Å². The fourth-order valence-corrected chi connectivity index (χ4v) is 3.67. The van der Waals surface area contributed by atoms with Crippen LogP contribution in [-0.4, -0.2) is 55.2 Å². The van der Waals surface area contributed by atoms with E-state index in [2.05, 4.69) is 10.2 Å². The number of nitrogens with zero attached hydrogens (tertiary/aromatic N) is 1. The molecule has 0 spiro atoms. The molecule has 7 heteroatoms. The van der Waals surface area contributed by atoms with E-state index in [-0.39, 0.29) is 24.7 Å². The number of anilines is 1. The maximum Gasteiger partial charge on any atom is 0.341 e. The molecule has 1 aliphatic heterocycles. The van der Waals surface area contributed by atoms with Gasteiger partial charge < -0.3 is 14.8 Å². The number of carbonyl (C=O) groups excluding carboxylic acids is 2. The van der Waals surface area contributed by atoms with Crippen molar-refractivity contribution in [2.45, 2.75) is 39.9 Å². The lowest BCUT2D eigenvalue weighted by Crippen LogP contribution is -2.48. The number of amides is 1. The van der Waals surface area contributed by atoms with Gasteiger partial charge in [-0.25, -0.2) is 4.79 Å². The average molecular weight is 340 g/mol. The third-order valence-corrected chi connectivity index (χ3v) is 4.43. The number of carbonyl (C=O) groups is 2. The Bertz CT molecular complexity index is 562. The molecule has 1 aromatic heterocycles. The molecule has 2 rings (SSSR count). The van der Waals surface area contributed by atoms with Gasteiger partial charge in [0.05, 0.1) is 30.9 Å². The smallest absolute Gasteiger partial charge is 0.341 e. The number of nitrogens with one attached hydrogen (secondary N) is 1. The lowest BCUT2D eigenvalue weighted by Gasteiger charge is -2.34. The zero-order valence-corrected chi connectivity index (χ0v) is 14.9. The molecule has 2 atom stereocenters. The molecule has 0 saturated carbocycles. The largest absolute Gasteiger partial charge is 0.462 e. The summed E-state index contributed by atoms with van der Waals surface area (Å²) >= 11 is 1.38. The molecule has 128 valence electrons. The van der Waals surface area contributed by atoms with Crippen LogP contribution in [0.2, 0.25) is 0 Å². The molecule has 0 aromatic carbocycles. The number of esters is 1. The predicted molar refractivity (Wildman–Crippen MR) is 90.1 cm³/mol. The van der Waals surface area contributed by atoms with E-state index < -0.39 is 5.97 Å². The Kier molecular flexibility index (Phi) is 6.15. The number of hydrogen-bond donors (Lipinski definition) is 1. The van der Waals surface area contributed by atoms with Crippen LogP contribution in [0.4, 0.5) is 5.00 Å². The molecular weight excluding hydrogens is 316 g/mol. The summed E-state index contributed by atoms with van der Waals surface area (Å²) in [6.07, 6.45) is 0.233. The minimum Gasteiger partial charge on any atom is -0.462 e. The molecule has 1 aromatic rings. The Morgan fingerprint density at radius 1 is 1.39 bits per heavy atom. The van der Waals surface area contributed by atoms with Crippen LogP contribution in [0, 0.1) is 6.92 Å². The number of ether oxygens (including phenoxy) is 2. The van der Waals surface area contributed by atoms with E-state index in [1.807, 2.05) is 20.8 Å². The van der Waals surface area contributed by atoms with Crippen LogP contribution >= 0.6 is 11.3 Å². The van der Waals surface area contributed by atoms with Crippen molar-refractivity contribution in [1.82, 2.24) is 4.90 Å². The van der Waals surface area contributed by atoms with Crippen LogP contribution in [0.5, 0.6) is 0 Å². The zero-order chi connectivity index (χ0) is 17.0. The molecule has 0 aliphatic carbocycles. The van der Waals surface area contributed by atoms with E-state index in [0.29, 0.717) is 17.2 Å². The number of morpholine rings is 1. The van der Waals surface area contributed by atoms with Gasteiger partial charge in [0.15, 0.2) is 0 Å². The van der Waals surface area contributed by atoms with Crippen LogP contribution in [-0.2, 0) is 14.3 Å². The van der Waals surface area contributed by atoms with Gasteiger partial charge in [-0.1, -0.05) is 0 Å². The summed E-state index contributed by atoms with van der Waals surface area (Å²) in [5.74, 6) is -0.528. The van der Waals surface area contributed by atoms with E-state index in [0.717, 1.165) is 18.0 Å². The molecule has 2 heterocycles. The molecule has 1 saturated heterocycles. The van der Waals surface area contributed by atoms with Gasteiger partial charge in [-0.05, 0) is 33.8 Å². The quantitative estimate of drug-likeness (QED) is 0.833. The lowest BCUT2D eigenvalue weighted by atomic mass is 10.2. The van der Waals surface area contributed by atoms with E-state index in [1.54, 1.807) is 13.0 Å². The Morgan fingerprint density at radius 3 is 2.65 bits per heavy atom. The van der Waals surface area contributed by atoms with E-state index in [9.17, 15) is 9.59 Å². The van der Waals surface area contributed by atoms with Gasteiger partial charge in [0.25, 0.3) is 0 Å². The first kappa shape index (κ1) is 17.9. The molecule has 23 heavy (non-hydrogen) atoms. The highest BCUT2D eigenvalue weighted by atomic mass is 32.1.